The van der Waals surface area contributed by atoms with E-state index in [4.69, 9.17) is 11.6 Å². The molecule has 0 N–H and O–H groups in total. The molecule has 2 aromatic heterocycles. The minimum absolute atomic E-state index is 0.163. The highest BCUT2D eigenvalue weighted by molar-refractivity contribution is 7.91. The summed E-state index contributed by atoms with van der Waals surface area (Å²) in [6.07, 6.45) is 5.05. The van der Waals surface area contributed by atoms with E-state index in [1.165, 1.54) is 0 Å². The number of hydrogen-bond donors (Lipinski definition) is 0. The van der Waals surface area contributed by atoms with Crippen molar-refractivity contribution in [3.05, 3.63) is 40.3 Å². The van der Waals surface area contributed by atoms with Crippen LogP contribution in [0.5, 0.6) is 0 Å². The Morgan fingerprint density at radius 1 is 1.48 bits per heavy atom. The predicted octanol–water partition coefficient (Wildman–Crippen LogP) is 3.03. The molecule has 0 radical (unpaired) electrons. The van der Waals surface area contributed by atoms with Crippen LogP contribution in [-0.4, -0.2) is 29.2 Å². The number of hydrogen-bond acceptors (Lipinski definition) is 5. The molecule has 8 heteroatoms. The van der Waals surface area contributed by atoms with Crippen LogP contribution in [0.25, 0.3) is 0 Å². The number of halogens is 1. The second kappa shape index (κ2) is 5.64. The molecule has 3 heterocycles. The molecule has 1 aliphatic rings. The van der Waals surface area contributed by atoms with E-state index in [-0.39, 0.29) is 14.7 Å². The third-order valence-electron chi connectivity index (χ3n) is 3.54. The van der Waals surface area contributed by atoms with Crippen molar-refractivity contribution in [2.24, 2.45) is 0 Å². The maximum Gasteiger partial charge on any atom is 0.255 e. The van der Waals surface area contributed by atoms with E-state index < -0.39 is 10.0 Å². The quantitative estimate of drug-likeness (QED) is 0.859. The molecule has 0 spiro atoms. The van der Waals surface area contributed by atoms with Crippen molar-refractivity contribution in [3.63, 3.8) is 0 Å². The van der Waals surface area contributed by atoms with Gasteiger partial charge in [0.2, 0.25) is 0 Å². The lowest BCUT2D eigenvalue weighted by molar-refractivity contribution is 0.397. The van der Waals surface area contributed by atoms with Gasteiger partial charge in [-0.1, -0.05) is 29.0 Å². The zero-order valence-corrected chi connectivity index (χ0v) is 13.7. The van der Waals surface area contributed by atoms with E-state index in [1.807, 2.05) is 12.1 Å². The molecule has 1 saturated heterocycles. The molecule has 0 aromatic carbocycles. The molecule has 1 unspecified atom stereocenters. The van der Waals surface area contributed by atoms with Crippen molar-refractivity contribution >= 4 is 33.0 Å². The average molecular weight is 344 g/mol. The fraction of sp³-hybridized carbons (Fsp3) is 0.385. The molecule has 2 aromatic rings. The lowest BCUT2D eigenvalue weighted by Crippen LogP contribution is -2.30. The van der Waals surface area contributed by atoms with Gasteiger partial charge in [0.25, 0.3) is 10.0 Å². The summed E-state index contributed by atoms with van der Waals surface area (Å²) in [5.41, 5.74) is 1.38. The second-order valence-corrected chi connectivity index (χ2v) is 8.57. The summed E-state index contributed by atoms with van der Waals surface area (Å²) in [5, 5.41) is 0. The van der Waals surface area contributed by atoms with Crippen LogP contribution in [0, 0.1) is 6.92 Å². The highest BCUT2D eigenvalue weighted by atomic mass is 35.5. The van der Waals surface area contributed by atoms with Gasteiger partial charge in [0.15, 0.2) is 8.68 Å². The van der Waals surface area contributed by atoms with Gasteiger partial charge in [0.05, 0.1) is 11.7 Å². The normalized spacial score (nSPS) is 20.0. The Morgan fingerprint density at radius 3 is 2.90 bits per heavy atom. The maximum atomic E-state index is 12.9. The first kappa shape index (κ1) is 14.9. The van der Waals surface area contributed by atoms with Crippen molar-refractivity contribution in [3.8, 4) is 0 Å². The van der Waals surface area contributed by atoms with Gasteiger partial charge in [-0.05, 0) is 31.4 Å². The number of aromatic nitrogens is 2. The largest absolute Gasteiger partial charge is 0.264 e. The fourth-order valence-corrected chi connectivity index (χ4v) is 6.16. The first-order chi connectivity index (χ1) is 10.00. The van der Waals surface area contributed by atoms with Gasteiger partial charge in [0.1, 0.15) is 0 Å². The Kier molecular flexibility index (Phi) is 4.00. The van der Waals surface area contributed by atoms with Crippen LogP contribution >= 0.6 is 22.9 Å². The summed E-state index contributed by atoms with van der Waals surface area (Å²) in [4.78, 5) is 8.10. The number of aryl methyl sites for hydroxylation is 1. The Bertz CT molecular complexity index is 746. The minimum Gasteiger partial charge on any atom is -0.264 e. The minimum atomic E-state index is -3.57. The van der Waals surface area contributed by atoms with Gasteiger partial charge in [0, 0.05) is 18.9 Å². The van der Waals surface area contributed by atoms with E-state index in [0.717, 1.165) is 29.7 Å². The predicted molar refractivity (Wildman–Crippen MR) is 82.0 cm³/mol. The van der Waals surface area contributed by atoms with Gasteiger partial charge in [-0.15, -0.1) is 0 Å². The van der Waals surface area contributed by atoms with Gasteiger partial charge in [-0.3, -0.25) is 4.98 Å². The van der Waals surface area contributed by atoms with Gasteiger partial charge >= 0.3 is 0 Å². The topological polar surface area (TPSA) is 63.2 Å². The molecule has 112 valence electrons. The third kappa shape index (κ3) is 2.70. The molecule has 5 nitrogen and oxygen atoms in total. The van der Waals surface area contributed by atoms with Crippen LogP contribution < -0.4 is 0 Å². The smallest absolute Gasteiger partial charge is 0.255 e. The van der Waals surface area contributed by atoms with Crippen molar-refractivity contribution in [2.45, 2.75) is 30.0 Å². The summed E-state index contributed by atoms with van der Waals surface area (Å²) in [6.45, 7) is 2.18. The van der Waals surface area contributed by atoms with E-state index in [9.17, 15) is 8.42 Å². The van der Waals surface area contributed by atoms with Crippen LogP contribution in [0.2, 0.25) is 4.47 Å². The molecule has 0 saturated carbocycles. The summed E-state index contributed by atoms with van der Waals surface area (Å²) in [7, 11) is -3.57. The number of nitrogens with zero attached hydrogens (tertiary/aromatic N) is 3. The third-order valence-corrected chi connectivity index (χ3v) is 7.30. The van der Waals surface area contributed by atoms with Crippen LogP contribution in [0.1, 0.15) is 30.1 Å². The van der Waals surface area contributed by atoms with Crippen molar-refractivity contribution in [1.29, 1.82) is 0 Å². The van der Waals surface area contributed by atoms with Crippen molar-refractivity contribution in [1.82, 2.24) is 14.3 Å². The molecule has 0 amide bonds. The molecular formula is C13H14ClN3O2S2. The fourth-order valence-electron chi connectivity index (χ4n) is 2.63. The average Bonchev–Trinajstić information content (AvgIpc) is 3.07. The maximum absolute atomic E-state index is 12.9. The van der Waals surface area contributed by atoms with E-state index in [0.29, 0.717) is 12.2 Å². The Morgan fingerprint density at radius 2 is 2.29 bits per heavy atom. The molecular weight excluding hydrogens is 330 g/mol. The molecule has 1 atom stereocenters. The summed E-state index contributed by atoms with van der Waals surface area (Å²) >= 11 is 6.86. The highest BCUT2D eigenvalue weighted by Crippen LogP contribution is 2.39. The van der Waals surface area contributed by atoms with Crippen molar-refractivity contribution in [2.75, 3.05) is 6.54 Å². The Hall–Kier alpha value is -1.02. The molecule has 3 rings (SSSR count). The molecule has 0 aliphatic carbocycles. The second-order valence-electron chi connectivity index (χ2n) is 4.90. The number of thiazole rings is 1. The number of rotatable bonds is 3. The van der Waals surface area contributed by atoms with E-state index in [2.05, 4.69) is 9.97 Å². The molecule has 1 fully saturated rings. The van der Waals surface area contributed by atoms with E-state index in [1.54, 1.807) is 23.6 Å². The van der Waals surface area contributed by atoms with Crippen molar-refractivity contribution < 1.29 is 8.42 Å². The SMILES string of the molecule is Cc1nc(Cl)sc1S(=O)(=O)N1CCCC1c1cccnc1. The van der Waals surface area contributed by atoms with Gasteiger partial charge in [-0.2, -0.15) is 4.31 Å². The zero-order valence-electron chi connectivity index (χ0n) is 11.4. The van der Waals surface area contributed by atoms with E-state index >= 15 is 0 Å². The standard InChI is InChI=1S/C13H14ClN3O2S2/c1-9-12(20-13(14)16-9)21(18,19)17-7-3-5-11(17)10-4-2-6-15-8-10/h2,4,6,8,11H,3,5,7H2,1H3. The molecule has 21 heavy (non-hydrogen) atoms. The number of sulfonamides is 1. The Labute approximate surface area is 132 Å². The molecule has 0 bridgehead atoms. The van der Waals surface area contributed by atoms with Gasteiger partial charge < -0.3 is 0 Å². The molecule has 1 aliphatic heterocycles. The summed E-state index contributed by atoms with van der Waals surface area (Å²) < 4.78 is 27.8. The Balaban J connectivity index is 2.00. The van der Waals surface area contributed by atoms with Crippen LogP contribution in [0.4, 0.5) is 0 Å². The summed E-state index contributed by atoms with van der Waals surface area (Å²) in [5.74, 6) is 0. The summed E-state index contributed by atoms with van der Waals surface area (Å²) in [6, 6.07) is 3.58. The first-order valence-corrected chi connectivity index (χ1v) is 9.18. The van der Waals surface area contributed by atoms with Crippen LogP contribution in [0.3, 0.4) is 0 Å². The lowest BCUT2D eigenvalue weighted by atomic mass is 10.1. The van der Waals surface area contributed by atoms with Crippen LogP contribution in [0.15, 0.2) is 28.7 Å². The lowest BCUT2D eigenvalue weighted by Gasteiger charge is -2.23. The number of pyridine rings is 1. The monoisotopic (exact) mass is 343 g/mol. The highest BCUT2D eigenvalue weighted by Gasteiger charge is 2.38. The first-order valence-electron chi connectivity index (χ1n) is 6.55. The zero-order chi connectivity index (χ0) is 15.0. The van der Waals surface area contributed by atoms with Gasteiger partial charge in [-0.25, -0.2) is 13.4 Å². The van der Waals surface area contributed by atoms with Crippen LogP contribution in [-0.2, 0) is 10.0 Å².